The van der Waals surface area contributed by atoms with E-state index in [0.29, 0.717) is 138 Å². The van der Waals surface area contributed by atoms with Crippen molar-refractivity contribution < 1.29 is 40.8 Å². The van der Waals surface area contributed by atoms with Crippen LogP contribution in [0.3, 0.4) is 0 Å². The van der Waals surface area contributed by atoms with Gasteiger partial charge in [0, 0.05) is 57.9 Å². The van der Waals surface area contributed by atoms with Crippen molar-refractivity contribution in [2.75, 3.05) is 67.0 Å². The fourth-order valence-corrected chi connectivity index (χ4v) is 11.3. The van der Waals surface area contributed by atoms with Crippen molar-refractivity contribution in [3.8, 4) is 17.9 Å². The summed E-state index contributed by atoms with van der Waals surface area (Å²) >= 11 is 2.71. The number of para-hydroxylation sites is 1. The number of aromatic nitrogens is 2. The molecule has 2 amide bonds. The van der Waals surface area contributed by atoms with Crippen LogP contribution in [0.5, 0.6) is 5.75 Å². The number of amides is 2. The second-order valence-corrected chi connectivity index (χ2v) is 21.8. The second kappa shape index (κ2) is 25.8. The molecule has 22 heteroatoms. The minimum atomic E-state index is -4.03. The van der Waals surface area contributed by atoms with Gasteiger partial charge in [0.05, 0.1) is 40.8 Å². The van der Waals surface area contributed by atoms with Gasteiger partial charge in [0.25, 0.3) is 0 Å². The summed E-state index contributed by atoms with van der Waals surface area (Å²) in [6, 6.07) is 22.6. The smallest absolute Gasteiger partial charge is 0.325 e. The van der Waals surface area contributed by atoms with Gasteiger partial charge in [-0.3, -0.25) is 28.2 Å². The zero-order valence-electron chi connectivity index (χ0n) is 40.6. The van der Waals surface area contributed by atoms with Crippen molar-refractivity contribution in [3.05, 3.63) is 94.5 Å². The minimum absolute atomic E-state index is 0.0375. The standard InChI is InChI=1S/C25H30N4O5S2.C24H29N5O4S2/c1-4-5-22(30)21-14-19(15-26)23(27-25(21)35-3)29-12-10-18(11-13-29)24(31)28-36(32,33)16-17-6-8-20(34-2)9-7-17;1-4-8-21(30)20-15-18(16-25)22(26-24(20)34-3)29-13-11-17(12-14-29)23(31)27-35(32,33)28(2)19-9-6-5-7-10-19/h6-9,14,18H,4-5,10-13,16H2,1-3H3,(H,28,31);5-7,9-10,15,17H,4,8,11-14H2,1-3H3,(H,27,31). The molecule has 6 rings (SSSR count). The summed E-state index contributed by atoms with van der Waals surface area (Å²) in [5, 5.41) is 20.5. The number of rotatable bonds is 19. The summed E-state index contributed by atoms with van der Waals surface area (Å²) in [6.45, 7) is 5.60. The molecule has 378 valence electrons. The molecule has 0 radical (unpaired) electrons. The summed E-state index contributed by atoms with van der Waals surface area (Å²) in [4.78, 5) is 63.5. The number of nitrogens with zero attached hydrogens (tertiary/aromatic N) is 7. The molecular weight excluding hydrogens is 987 g/mol. The molecule has 4 heterocycles. The summed E-state index contributed by atoms with van der Waals surface area (Å²) in [5.41, 5.74) is 2.55. The monoisotopic (exact) mass is 1050 g/mol. The molecule has 0 unspecified atom stereocenters. The number of sulfonamides is 1. The lowest BCUT2D eigenvalue weighted by Gasteiger charge is -2.33. The zero-order chi connectivity index (χ0) is 51.9. The van der Waals surface area contributed by atoms with Crippen molar-refractivity contribution in [3.63, 3.8) is 0 Å². The zero-order valence-corrected chi connectivity index (χ0v) is 43.9. The van der Waals surface area contributed by atoms with E-state index in [-0.39, 0.29) is 17.3 Å². The molecule has 0 aliphatic carbocycles. The highest BCUT2D eigenvalue weighted by Gasteiger charge is 2.33. The van der Waals surface area contributed by atoms with Crippen LogP contribution >= 0.6 is 23.5 Å². The van der Waals surface area contributed by atoms with E-state index in [1.807, 2.05) is 36.2 Å². The van der Waals surface area contributed by atoms with Crippen LogP contribution in [0.15, 0.2) is 76.8 Å². The van der Waals surface area contributed by atoms with E-state index in [1.54, 1.807) is 66.7 Å². The van der Waals surface area contributed by atoms with Crippen LogP contribution in [0.25, 0.3) is 0 Å². The number of hydrogen-bond acceptors (Lipinski definition) is 17. The van der Waals surface area contributed by atoms with Gasteiger partial charge in [0.15, 0.2) is 11.6 Å². The van der Waals surface area contributed by atoms with Gasteiger partial charge in [-0.05, 0) is 93.0 Å². The molecule has 2 N–H and O–H groups in total. The van der Waals surface area contributed by atoms with Crippen LogP contribution in [-0.4, -0.2) is 103 Å². The number of anilines is 3. The number of methoxy groups -OCH3 is 1. The number of nitriles is 2. The van der Waals surface area contributed by atoms with E-state index >= 15 is 0 Å². The fraction of sp³-hybridized carbons (Fsp3) is 0.429. The summed E-state index contributed by atoms with van der Waals surface area (Å²) in [5.74, 6) is -0.823. The number of pyridine rings is 2. The molecule has 71 heavy (non-hydrogen) atoms. The Hall–Kier alpha value is -6.20. The first-order valence-corrected chi connectivity index (χ1v) is 28.5. The van der Waals surface area contributed by atoms with Crippen molar-refractivity contribution in [2.45, 2.75) is 81.0 Å². The van der Waals surface area contributed by atoms with Gasteiger partial charge in [-0.25, -0.2) is 23.1 Å². The van der Waals surface area contributed by atoms with Gasteiger partial charge in [-0.2, -0.15) is 18.9 Å². The molecule has 2 aliphatic heterocycles. The van der Waals surface area contributed by atoms with Gasteiger partial charge in [0.1, 0.15) is 39.6 Å². The van der Waals surface area contributed by atoms with Crippen molar-refractivity contribution in [2.24, 2.45) is 11.8 Å². The quantitative estimate of drug-likeness (QED) is 0.0715. The van der Waals surface area contributed by atoms with Gasteiger partial charge in [-0.1, -0.05) is 44.2 Å². The number of carbonyl (C=O) groups is 4. The van der Waals surface area contributed by atoms with E-state index in [4.69, 9.17) is 4.74 Å². The second-order valence-electron chi connectivity index (χ2n) is 16.8. The van der Waals surface area contributed by atoms with Gasteiger partial charge < -0.3 is 14.5 Å². The first kappa shape index (κ1) is 55.7. The van der Waals surface area contributed by atoms with E-state index in [1.165, 1.54) is 37.7 Å². The molecule has 4 aromatic rings. The fourth-order valence-electron chi connectivity index (χ4n) is 8.03. The Kier molecular flexibility index (Phi) is 20.2. The third kappa shape index (κ3) is 14.7. The molecule has 2 saturated heterocycles. The molecule has 0 spiro atoms. The Bertz CT molecular complexity index is 2860. The van der Waals surface area contributed by atoms with Crippen LogP contribution in [0, 0.1) is 34.5 Å². The maximum absolute atomic E-state index is 12.8. The van der Waals surface area contributed by atoms with Crippen molar-refractivity contribution >= 4 is 84.5 Å². The molecular formula is C49H59N9O9S4. The highest BCUT2D eigenvalue weighted by atomic mass is 32.2. The average molecular weight is 1050 g/mol. The van der Waals surface area contributed by atoms with E-state index < -0.39 is 43.9 Å². The Morgan fingerprint density at radius 3 is 1.55 bits per heavy atom. The SMILES string of the molecule is CCCC(=O)c1cc(C#N)c(N2CCC(C(=O)NS(=O)(=O)Cc3ccc(OC)cc3)CC2)nc1SC.CCCC(=O)c1cc(C#N)c(N2CCC(C(=O)NS(=O)(=O)N(C)c3ccccc3)CC2)nc1SC. The molecule has 2 fully saturated rings. The number of Topliss-reactive ketones (excluding diaryl/α,β-unsaturated/α-hetero) is 2. The maximum Gasteiger partial charge on any atom is 0.325 e. The molecule has 2 aromatic heterocycles. The molecule has 2 aromatic carbocycles. The predicted octanol–water partition coefficient (Wildman–Crippen LogP) is 6.90. The lowest BCUT2D eigenvalue weighted by Crippen LogP contribution is -2.47. The van der Waals surface area contributed by atoms with E-state index in [2.05, 4.69) is 31.6 Å². The van der Waals surface area contributed by atoms with E-state index in [9.17, 15) is 46.5 Å². The first-order valence-electron chi connectivity index (χ1n) is 23.0. The molecule has 0 saturated carbocycles. The average Bonchev–Trinajstić information content (AvgIpc) is 3.38. The van der Waals surface area contributed by atoms with Crippen molar-refractivity contribution in [1.29, 1.82) is 10.5 Å². The Morgan fingerprint density at radius 2 is 1.15 bits per heavy atom. The van der Waals surface area contributed by atoms with Gasteiger partial charge in [-0.15, -0.1) is 23.5 Å². The first-order chi connectivity index (χ1) is 33.9. The largest absolute Gasteiger partial charge is 0.497 e. The number of hydrogen-bond donors (Lipinski definition) is 2. The third-order valence-electron chi connectivity index (χ3n) is 11.9. The van der Waals surface area contributed by atoms with Crippen molar-refractivity contribution in [1.82, 2.24) is 19.4 Å². The summed E-state index contributed by atoms with van der Waals surface area (Å²) < 4.78 is 60.9. The number of nitrogens with one attached hydrogen (secondary N) is 2. The topological polar surface area (TPSA) is 253 Å². The highest BCUT2D eigenvalue weighted by molar-refractivity contribution is 7.98. The van der Waals surface area contributed by atoms with Crippen LogP contribution in [0.1, 0.15) is 103 Å². The van der Waals surface area contributed by atoms with Gasteiger partial charge in [0.2, 0.25) is 21.8 Å². The molecule has 18 nitrogen and oxygen atoms in total. The number of ketones is 2. The molecule has 0 atom stereocenters. The normalized spacial score (nSPS) is 14.3. The Labute approximate surface area is 425 Å². The summed E-state index contributed by atoms with van der Waals surface area (Å²) in [6.07, 6.45) is 7.54. The lowest BCUT2D eigenvalue weighted by molar-refractivity contribution is -0.124. The predicted molar refractivity (Wildman–Crippen MR) is 275 cm³/mol. The number of carbonyl (C=O) groups excluding carboxylic acids is 4. The number of benzene rings is 2. The maximum atomic E-state index is 12.8. The Morgan fingerprint density at radius 1 is 0.718 bits per heavy atom. The number of piperidine rings is 2. The molecule has 0 bridgehead atoms. The third-order valence-corrected chi connectivity index (χ3v) is 15.9. The Balaban J connectivity index is 0.000000264. The van der Waals surface area contributed by atoms with Crippen LogP contribution in [0.2, 0.25) is 0 Å². The van der Waals surface area contributed by atoms with Gasteiger partial charge >= 0.3 is 10.2 Å². The molecule has 2 aliphatic rings. The van der Waals surface area contributed by atoms with Crippen LogP contribution in [-0.2, 0) is 35.6 Å². The minimum Gasteiger partial charge on any atom is -0.497 e. The highest BCUT2D eigenvalue weighted by Crippen LogP contribution is 2.32. The van der Waals surface area contributed by atoms with E-state index in [0.717, 1.165) is 4.31 Å². The summed E-state index contributed by atoms with van der Waals surface area (Å²) in [7, 11) is -4.97. The van der Waals surface area contributed by atoms with Crippen LogP contribution < -0.4 is 28.3 Å². The number of thioether (sulfide) groups is 2. The lowest BCUT2D eigenvalue weighted by atomic mass is 9.96. The number of ether oxygens (including phenoxy) is 1. The van der Waals surface area contributed by atoms with Crippen LogP contribution in [0.4, 0.5) is 17.3 Å².